The van der Waals surface area contributed by atoms with Crippen molar-refractivity contribution in [3.8, 4) is 17.1 Å². The molecule has 1 amide bonds. The summed E-state index contributed by atoms with van der Waals surface area (Å²) >= 11 is 1.23. The van der Waals surface area contributed by atoms with Crippen LogP contribution in [0, 0.1) is 17.6 Å². The number of carbonyl (C=O) groups is 1. The zero-order chi connectivity index (χ0) is 21.8. The van der Waals surface area contributed by atoms with Crippen LogP contribution in [-0.2, 0) is 4.79 Å². The third-order valence-electron chi connectivity index (χ3n) is 5.55. The molecule has 1 aromatic heterocycles. The third kappa shape index (κ3) is 5.12. The molecular weight excluding hydrogens is 418 g/mol. The van der Waals surface area contributed by atoms with Gasteiger partial charge < -0.3 is 5.32 Å². The molecule has 1 aliphatic carbocycles. The first-order valence-corrected chi connectivity index (χ1v) is 11.4. The normalized spacial score (nSPS) is 18.7. The van der Waals surface area contributed by atoms with Crippen LogP contribution in [0.2, 0.25) is 0 Å². The molecule has 0 saturated heterocycles. The van der Waals surface area contributed by atoms with Crippen molar-refractivity contribution in [1.29, 1.82) is 0 Å². The number of carbonyl (C=O) groups excluding carboxylic acids is 1. The topological polar surface area (TPSA) is 59.8 Å². The molecule has 0 bridgehead atoms. The van der Waals surface area contributed by atoms with Gasteiger partial charge in [-0.05, 0) is 68.0 Å². The fraction of sp³-hybridized carbons (Fsp3) is 0.348. The molecule has 0 unspecified atom stereocenters. The van der Waals surface area contributed by atoms with E-state index in [1.54, 1.807) is 34.9 Å². The Morgan fingerprint density at radius 1 is 1.06 bits per heavy atom. The molecule has 0 radical (unpaired) electrons. The monoisotopic (exact) mass is 442 g/mol. The molecule has 1 aliphatic rings. The highest BCUT2D eigenvalue weighted by atomic mass is 32.2. The number of hydrogen-bond acceptors (Lipinski definition) is 4. The third-order valence-corrected chi connectivity index (χ3v) is 6.48. The average Bonchev–Trinajstić information content (AvgIpc) is 3.18. The first kappa shape index (κ1) is 21.5. The van der Waals surface area contributed by atoms with E-state index in [1.807, 2.05) is 0 Å². The van der Waals surface area contributed by atoms with Crippen LogP contribution in [-0.4, -0.2) is 32.5 Å². The summed E-state index contributed by atoms with van der Waals surface area (Å²) in [5.74, 6) is 0.315. The standard InChI is InChI=1S/C23H24F2N4OS/c1-15-6-10-17(11-7-15)26-21(30)14-31-23-28-27-22(19-4-2-3-5-20(19)25)29(23)18-12-8-16(24)9-13-18/h2-5,8-9,12-13,15,17H,6-7,10-11,14H2,1H3,(H,26,30). The molecule has 1 saturated carbocycles. The van der Waals surface area contributed by atoms with E-state index in [4.69, 9.17) is 0 Å². The van der Waals surface area contributed by atoms with Crippen molar-refractivity contribution < 1.29 is 13.6 Å². The van der Waals surface area contributed by atoms with Gasteiger partial charge in [0.15, 0.2) is 11.0 Å². The summed E-state index contributed by atoms with van der Waals surface area (Å²) < 4.78 is 29.5. The molecule has 2 aromatic carbocycles. The van der Waals surface area contributed by atoms with Crippen LogP contribution in [0.1, 0.15) is 32.6 Å². The van der Waals surface area contributed by atoms with E-state index in [2.05, 4.69) is 22.4 Å². The highest BCUT2D eigenvalue weighted by Gasteiger charge is 2.22. The molecule has 1 N–H and O–H groups in total. The average molecular weight is 443 g/mol. The predicted molar refractivity (Wildman–Crippen MR) is 117 cm³/mol. The van der Waals surface area contributed by atoms with E-state index < -0.39 is 5.82 Å². The van der Waals surface area contributed by atoms with Gasteiger partial charge >= 0.3 is 0 Å². The Hall–Kier alpha value is -2.74. The van der Waals surface area contributed by atoms with Crippen molar-refractivity contribution in [2.24, 2.45) is 5.92 Å². The quantitative estimate of drug-likeness (QED) is 0.546. The van der Waals surface area contributed by atoms with E-state index in [0.717, 1.165) is 25.7 Å². The van der Waals surface area contributed by atoms with Crippen molar-refractivity contribution in [3.63, 3.8) is 0 Å². The highest BCUT2D eigenvalue weighted by Crippen LogP contribution is 2.30. The number of hydrogen-bond donors (Lipinski definition) is 1. The molecule has 8 heteroatoms. The minimum Gasteiger partial charge on any atom is -0.353 e. The second-order valence-electron chi connectivity index (χ2n) is 7.91. The molecule has 0 spiro atoms. The van der Waals surface area contributed by atoms with Gasteiger partial charge in [0.1, 0.15) is 11.6 Å². The summed E-state index contributed by atoms with van der Waals surface area (Å²) in [7, 11) is 0. The zero-order valence-corrected chi connectivity index (χ0v) is 18.0. The maximum atomic E-state index is 14.4. The van der Waals surface area contributed by atoms with Gasteiger partial charge in [0.25, 0.3) is 0 Å². The lowest BCUT2D eigenvalue weighted by atomic mass is 9.87. The molecule has 0 aliphatic heterocycles. The number of nitrogens with zero attached hydrogens (tertiary/aromatic N) is 3. The van der Waals surface area contributed by atoms with Crippen LogP contribution in [0.4, 0.5) is 8.78 Å². The smallest absolute Gasteiger partial charge is 0.230 e. The minimum atomic E-state index is -0.431. The van der Waals surface area contributed by atoms with E-state index in [1.165, 1.54) is 30.0 Å². The van der Waals surface area contributed by atoms with Gasteiger partial charge in [-0.25, -0.2) is 8.78 Å². The minimum absolute atomic E-state index is 0.0642. The summed E-state index contributed by atoms with van der Waals surface area (Å²) in [5.41, 5.74) is 0.876. The molecule has 162 valence electrons. The number of aromatic nitrogens is 3. The molecule has 5 nitrogen and oxygen atoms in total. The predicted octanol–water partition coefficient (Wildman–Crippen LogP) is 5.00. The lowest BCUT2D eigenvalue weighted by Crippen LogP contribution is -2.38. The Kier molecular flexibility index (Phi) is 6.65. The van der Waals surface area contributed by atoms with Gasteiger partial charge in [0.2, 0.25) is 5.91 Å². The first-order valence-electron chi connectivity index (χ1n) is 10.4. The van der Waals surface area contributed by atoms with E-state index >= 15 is 0 Å². The van der Waals surface area contributed by atoms with Crippen LogP contribution in [0.3, 0.4) is 0 Å². The Labute approximate surface area is 184 Å². The maximum Gasteiger partial charge on any atom is 0.230 e. The first-order chi connectivity index (χ1) is 15.0. The number of thioether (sulfide) groups is 1. The summed E-state index contributed by atoms with van der Waals surface area (Å²) in [4.78, 5) is 12.5. The summed E-state index contributed by atoms with van der Waals surface area (Å²) in [6.45, 7) is 2.24. The molecule has 3 aromatic rings. The van der Waals surface area contributed by atoms with E-state index in [0.29, 0.717) is 22.6 Å². The molecular formula is C23H24F2N4OS. The van der Waals surface area contributed by atoms with Crippen LogP contribution >= 0.6 is 11.8 Å². The van der Waals surface area contributed by atoms with Gasteiger partial charge in [-0.3, -0.25) is 9.36 Å². The van der Waals surface area contributed by atoms with Crippen LogP contribution in [0.15, 0.2) is 53.7 Å². The molecule has 1 fully saturated rings. The Morgan fingerprint density at radius 2 is 1.77 bits per heavy atom. The van der Waals surface area contributed by atoms with Gasteiger partial charge in [0, 0.05) is 11.7 Å². The van der Waals surface area contributed by atoms with E-state index in [9.17, 15) is 13.6 Å². The van der Waals surface area contributed by atoms with Gasteiger partial charge in [-0.2, -0.15) is 0 Å². The van der Waals surface area contributed by atoms with Crippen molar-refractivity contribution >= 4 is 17.7 Å². The lowest BCUT2D eigenvalue weighted by molar-refractivity contribution is -0.119. The maximum absolute atomic E-state index is 14.4. The number of halogens is 2. The fourth-order valence-corrected chi connectivity index (χ4v) is 4.57. The Bertz CT molecular complexity index is 1050. The van der Waals surface area contributed by atoms with Crippen LogP contribution in [0.5, 0.6) is 0 Å². The Morgan fingerprint density at radius 3 is 2.48 bits per heavy atom. The number of rotatable bonds is 6. The number of nitrogens with one attached hydrogen (secondary N) is 1. The van der Waals surface area contributed by atoms with Gasteiger partial charge in [-0.15, -0.1) is 10.2 Å². The molecule has 0 atom stereocenters. The summed E-state index contributed by atoms with van der Waals surface area (Å²) in [6, 6.07) is 12.3. The van der Waals surface area contributed by atoms with Crippen molar-refractivity contribution in [2.75, 3.05) is 5.75 Å². The van der Waals surface area contributed by atoms with Crippen LogP contribution in [0.25, 0.3) is 17.1 Å². The second kappa shape index (κ2) is 9.60. The van der Waals surface area contributed by atoms with Crippen LogP contribution < -0.4 is 5.32 Å². The van der Waals surface area contributed by atoms with Crippen molar-refractivity contribution in [2.45, 2.75) is 43.8 Å². The molecule has 1 heterocycles. The second-order valence-corrected chi connectivity index (χ2v) is 8.85. The summed E-state index contributed by atoms with van der Waals surface area (Å²) in [6.07, 6.45) is 4.26. The van der Waals surface area contributed by atoms with Crippen molar-refractivity contribution in [3.05, 3.63) is 60.2 Å². The SMILES string of the molecule is CC1CCC(NC(=O)CSc2nnc(-c3ccccc3F)n2-c2ccc(F)cc2)CC1. The zero-order valence-electron chi connectivity index (χ0n) is 17.2. The van der Waals surface area contributed by atoms with Gasteiger partial charge in [0.05, 0.1) is 11.3 Å². The fourth-order valence-electron chi connectivity index (χ4n) is 3.81. The number of benzene rings is 2. The van der Waals surface area contributed by atoms with E-state index in [-0.39, 0.29) is 29.1 Å². The molecule has 4 rings (SSSR count). The molecule has 31 heavy (non-hydrogen) atoms. The Balaban J connectivity index is 1.55. The van der Waals surface area contributed by atoms with Gasteiger partial charge in [-0.1, -0.05) is 30.8 Å². The number of amides is 1. The highest BCUT2D eigenvalue weighted by molar-refractivity contribution is 7.99. The van der Waals surface area contributed by atoms with Crippen molar-refractivity contribution in [1.82, 2.24) is 20.1 Å². The lowest BCUT2D eigenvalue weighted by Gasteiger charge is -2.26. The summed E-state index contributed by atoms with van der Waals surface area (Å²) in [5, 5.41) is 11.9. The largest absolute Gasteiger partial charge is 0.353 e.